The molecule has 1 aromatic carbocycles. The fourth-order valence-electron chi connectivity index (χ4n) is 2.60. The molecule has 1 aliphatic heterocycles. The first-order valence-electron chi connectivity index (χ1n) is 7.15. The Morgan fingerprint density at radius 1 is 1.16 bits per heavy atom. The van der Waals surface area contributed by atoms with Gasteiger partial charge in [-0.05, 0) is 18.2 Å². The van der Waals surface area contributed by atoms with E-state index in [0.717, 1.165) is 10.6 Å². The van der Waals surface area contributed by atoms with Crippen molar-refractivity contribution < 1.29 is 14.4 Å². The number of rotatable bonds is 2. The van der Waals surface area contributed by atoms with Crippen LogP contribution in [0.2, 0.25) is 5.02 Å². The van der Waals surface area contributed by atoms with Gasteiger partial charge in [0.15, 0.2) is 0 Å². The number of nitrogens with two attached hydrogens (primary N) is 1. The number of nitrogens with one attached hydrogen (secondary N) is 1. The van der Waals surface area contributed by atoms with Gasteiger partial charge in [-0.3, -0.25) is 29.1 Å². The van der Waals surface area contributed by atoms with Gasteiger partial charge in [0.25, 0.3) is 23.3 Å². The van der Waals surface area contributed by atoms with Crippen LogP contribution in [0.3, 0.4) is 0 Å². The first-order valence-corrected chi connectivity index (χ1v) is 7.53. The number of nitrogens with zero attached hydrogens (tertiary/aromatic N) is 2. The highest BCUT2D eigenvalue weighted by molar-refractivity contribution is 6.34. The summed E-state index contributed by atoms with van der Waals surface area (Å²) in [5.74, 6) is -1.80. The summed E-state index contributed by atoms with van der Waals surface area (Å²) in [5.41, 5.74) is 5.77. The number of hydrogen-bond donors (Lipinski definition) is 2. The Morgan fingerprint density at radius 3 is 2.44 bits per heavy atom. The van der Waals surface area contributed by atoms with Crippen molar-refractivity contribution in [3.8, 4) is 5.69 Å². The Morgan fingerprint density at radius 2 is 1.84 bits per heavy atom. The van der Waals surface area contributed by atoms with Crippen molar-refractivity contribution >= 4 is 35.1 Å². The molecular weight excluding hydrogens is 348 g/mol. The average molecular weight is 361 g/mol. The van der Waals surface area contributed by atoms with Crippen LogP contribution < -0.4 is 16.6 Å². The Balaban J connectivity index is 2.19. The van der Waals surface area contributed by atoms with Crippen molar-refractivity contribution in [2.75, 3.05) is 19.8 Å². The molecule has 1 aromatic heterocycles. The van der Waals surface area contributed by atoms with Crippen molar-refractivity contribution in [1.82, 2.24) is 14.8 Å². The van der Waals surface area contributed by atoms with Crippen LogP contribution in [-0.4, -0.2) is 41.3 Å². The molecular formula is C16H13ClN4O4. The minimum atomic E-state index is -0.670. The molecule has 128 valence electrons. The van der Waals surface area contributed by atoms with E-state index in [2.05, 4.69) is 5.32 Å². The van der Waals surface area contributed by atoms with Crippen LogP contribution in [-0.2, 0) is 0 Å². The number of hydrogen-bond acceptors (Lipinski definition) is 5. The number of nitrogen functional groups attached to an aromatic ring is 1. The normalized spacial score (nSPS) is 12.8. The van der Waals surface area contributed by atoms with E-state index < -0.39 is 17.4 Å². The summed E-state index contributed by atoms with van der Waals surface area (Å²) in [6.45, 7) is 0. The predicted molar refractivity (Wildman–Crippen MR) is 91.3 cm³/mol. The summed E-state index contributed by atoms with van der Waals surface area (Å²) in [7, 11) is 3.18. The standard InChI is InChI=1S/C16H13ClN4O4/c1-20(2)16(25)8-4-3-7(5-10(8)17)21-11(22)6-9-12(13(21)18)15(24)19-14(9)23/h3-6H,18H2,1-2H3,(H,19,23,24). The Kier molecular flexibility index (Phi) is 3.84. The average Bonchev–Trinajstić information content (AvgIpc) is 2.81. The molecule has 3 rings (SSSR count). The Labute approximate surface area is 146 Å². The van der Waals surface area contributed by atoms with Crippen LogP contribution in [0.5, 0.6) is 0 Å². The molecule has 0 saturated carbocycles. The van der Waals surface area contributed by atoms with Crippen molar-refractivity contribution in [3.05, 3.63) is 56.3 Å². The summed E-state index contributed by atoms with van der Waals surface area (Å²) in [4.78, 5) is 49.3. The zero-order valence-electron chi connectivity index (χ0n) is 13.3. The van der Waals surface area contributed by atoms with Crippen LogP contribution in [0.25, 0.3) is 5.69 Å². The lowest BCUT2D eigenvalue weighted by Crippen LogP contribution is -2.25. The number of carbonyl (C=O) groups is 3. The molecule has 1 aliphatic rings. The van der Waals surface area contributed by atoms with E-state index >= 15 is 0 Å². The molecule has 8 nitrogen and oxygen atoms in total. The number of aromatic nitrogens is 1. The van der Waals surface area contributed by atoms with Gasteiger partial charge in [-0.2, -0.15) is 0 Å². The molecule has 0 unspecified atom stereocenters. The molecule has 0 saturated heterocycles. The van der Waals surface area contributed by atoms with E-state index in [1.807, 2.05) is 0 Å². The lowest BCUT2D eigenvalue weighted by Gasteiger charge is -2.15. The molecule has 2 aromatic rings. The van der Waals surface area contributed by atoms with Gasteiger partial charge in [0.05, 0.1) is 27.4 Å². The van der Waals surface area contributed by atoms with Gasteiger partial charge in [-0.1, -0.05) is 11.6 Å². The number of halogens is 1. The lowest BCUT2D eigenvalue weighted by molar-refractivity contribution is 0.0825. The SMILES string of the molecule is CN(C)C(=O)c1ccc(-n2c(N)c3c(cc2=O)C(=O)NC3=O)cc1Cl. The van der Waals surface area contributed by atoms with Gasteiger partial charge in [0.1, 0.15) is 5.82 Å². The summed E-state index contributed by atoms with van der Waals surface area (Å²) in [6, 6.07) is 5.39. The fraction of sp³-hybridized carbons (Fsp3) is 0.125. The van der Waals surface area contributed by atoms with E-state index in [-0.39, 0.29) is 39.1 Å². The van der Waals surface area contributed by atoms with Crippen molar-refractivity contribution in [3.63, 3.8) is 0 Å². The van der Waals surface area contributed by atoms with Gasteiger partial charge >= 0.3 is 0 Å². The molecule has 2 heterocycles. The number of fused-ring (bicyclic) bond motifs is 1. The summed E-state index contributed by atoms with van der Waals surface area (Å²) < 4.78 is 1.06. The van der Waals surface area contributed by atoms with Crippen LogP contribution in [0, 0.1) is 0 Å². The molecule has 0 bridgehead atoms. The first kappa shape index (κ1) is 16.7. The smallest absolute Gasteiger partial charge is 0.262 e. The molecule has 3 amide bonds. The van der Waals surface area contributed by atoms with Crippen molar-refractivity contribution in [1.29, 1.82) is 0 Å². The zero-order chi connectivity index (χ0) is 18.5. The zero-order valence-corrected chi connectivity index (χ0v) is 14.0. The maximum absolute atomic E-state index is 12.4. The summed E-state index contributed by atoms with van der Waals surface area (Å²) in [6.07, 6.45) is 0. The van der Waals surface area contributed by atoms with Crippen molar-refractivity contribution in [2.45, 2.75) is 0 Å². The molecule has 0 atom stereocenters. The van der Waals surface area contributed by atoms with E-state index in [0.29, 0.717) is 0 Å². The quantitative estimate of drug-likeness (QED) is 0.763. The summed E-state index contributed by atoms with van der Waals surface area (Å²) in [5, 5.41) is 2.22. The van der Waals surface area contributed by atoms with E-state index in [1.54, 1.807) is 14.1 Å². The minimum absolute atomic E-state index is 0.0609. The maximum atomic E-state index is 12.4. The maximum Gasteiger partial charge on any atom is 0.262 e. The van der Waals surface area contributed by atoms with Gasteiger partial charge in [-0.15, -0.1) is 0 Å². The largest absolute Gasteiger partial charge is 0.384 e. The minimum Gasteiger partial charge on any atom is -0.384 e. The number of carbonyl (C=O) groups excluding carboxylic acids is 3. The Bertz CT molecular complexity index is 1010. The van der Waals surface area contributed by atoms with Gasteiger partial charge in [0, 0.05) is 20.2 Å². The molecule has 0 aliphatic carbocycles. The Hall–Kier alpha value is -3.13. The number of pyridine rings is 1. The second kappa shape index (κ2) is 5.75. The topological polar surface area (TPSA) is 114 Å². The van der Waals surface area contributed by atoms with Crippen LogP contribution in [0.15, 0.2) is 29.1 Å². The number of imide groups is 1. The van der Waals surface area contributed by atoms with Crippen molar-refractivity contribution in [2.24, 2.45) is 0 Å². The third-order valence-electron chi connectivity index (χ3n) is 3.80. The van der Waals surface area contributed by atoms with Crippen LogP contribution >= 0.6 is 11.6 Å². The van der Waals surface area contributed by atoms with E-state index in [1.165, 1.54) is 23.1 Å². The molecule has 3 N–H and O–H groups in total. The number of benzene rings is 1. The van der Waals surface area contributed by atoms with Gasteiger partial charge in [-0.25, -0.2) is 0 Å². The third-order valence-corrected chi connectivity index (χ3v) is 4.11. The first-order chi connectivity index (χ1) is 11.7. The second-order valence-corrected chi connectivity index (χ2v) is 6.05. The lowest BCUT2D eigenvalue weighted by atomic mass is 10.1. The molecule has 0 fully saturated rings. The number of amides is 3. The van der Waals surface area contributed by atoms with Crippen LogP contribution in [0.1, 0.15) is 31.1 Å². The number of anilines is 1. The highest BCUT2D eigenvalue weighted by atomic mass is 35.5. The fourth-order valence-corrected chi connectivity index (χ4v) is 2.86. The summed E-state index contributed by atoms with van der Waals surface area (Å²) >= 11 is 6.15. The molecule has 9 heteroatoms. The van der Waals surface area contributed by atoms with Crippen LogP contribution in [0.4, 0.5) is 5.82 Å². The predicted octanol–water partition coefficient (Wildman–Crippen LogP) is 0.659. The third kappa shape index (κ3) is 2.56. The van der Waals surface area contributed by atoms with Gasteiger partial charge < -0.3 is 10.6 Å². The molecule has 0 spiro atoms. The van der Waals surface area contributed by atoms with E-state index in [4.69, 9.17) is 17.3 Å². The second-order valence-electron chi connectivity index (χ2n) is 5.64. The molecule has 25 heavy (non-hydrogen) atoms. The van der Waals surface area contributed by atoms with Gasteiger partial charge in [0.2, 0.25) is 0 Å². The highest BCUT2D eigenvalue weighted by Crippen LogP contribution is 2.26. The highest BCUT2D eigenvalue weighted by Gasteiger charge is 2.32. The van der Waals surface area contributed by atoms with E-state index in [9.17, 15) is 19.2 Å². The molecule has 0 radical (unpaired) electrons. The monoisotopic (exact) mass is 360 g/mol.